The van der Waals surface area contributed by atoms with Gasteiger partial charge in [-0.2, -0.15) is 0 Å². The third kappa shape index (κ3) is 5.26. The van der Waals surface area contributed by atoms with Gasteiger partial charge in [0, 0.05) is 31.7 Å². The van der Waals surface area contributed by atoms with E-state index in [2.05, 4.69) is 15.6 Å². The van der Waals surface area contributed by atoms with Crippen LogP contribution in [-0.2, 0) is 9.59 Å². The summed E-state index contributed by atoms with van der Waals surface area (Å²) >= 11 is 11.9. The van der Waals surface area contributed by atoms with E-state index in [0.29, 0.717) is 35.5 Å². The molecule has 2 N–H and O–H groups in total. The monoisotopic (exact) mass is 412 g/mol. The molecule has 1 aliphatic carbocycles. The minimum absolute atomic E-state index is 0.0754. The Labute approximate surface area is 170 Å². The van der Waals surface area contributed by atoms with Crippen LogP contribution in [-0.4, -0.2) is 47.4 Å². The van der Waals surface area contributed by atoms with Crippen LogP contribution in [0.4, 0.5) is 5.82 Å². The molecule has 1 aliphatic heterocycles. The lowest BCUT2D eigenvalue weighted by atomic mass is 9.88. The third-order valence-electron chi connectivity index (χ3n) is 5.32. The maximum Gasteiger partial charge on any atom is 0.242 e. The normalized spacial score (nSPS) is 20.5. The van der Waals surface area contributed by atoms with Gasteiger partial charge in [-0.15, -0.1) is 0 Å². The lowest BCUT2D eigenvalue weighted by molar-refractivity contribution is -0.142. The van der Waals surface area contributed by atoms with E-state index in [4.69, 9.17) is 23.2 Å². The molecule has 1 aromatic rings. The van der Waals surface area contributed by atoms with Gasteiger partial charge >= 0.3 is 0 Å². The average Bonchev–Trinajstić information content (AvgIpc) is 3.16. The van der Waals surface area contributed by atoms with Crippen LogP contribution in [0.2, 0.25) is 10.0 Å². The Balaban J connectivity index is 1.46. The number of carbonyl (C=O) groups is 2. The van der Waals surface area contributed by atoms with Gasteiger partial charge in [-0.05, 0) is 31.7 Å². The molecule has 2 amide bonds. The van der Waals surface area contributed by atoms with Gasteiger partial charge in [0.15, 0.2) is 0 Å². The van der Waals surface area contributed by atoms with Crippen molar-refractivity contribution in [3.63, 3.8) is 0 Å². The fraction of sp³-hybridized carbons (Fsp3) is 0.632. The molecule has 0 radical (unpaired) electrons. The molecule has 27 heavy (non-hydrogen) atoms. The van der Waals surface area contributed by atoms with Crippen molar-refractivity contribution in [2.75, 3.05) is 25.0 Å². The zero-order valence-electron chi connectivity index (χ0n) is 15.3. The second-order valence-corrected chi connectivity index (χ2v) is 8.07. The molecule has 3 rings (SSSR count). The van der Waals surface area contributed by atoms with E-state index < -0.39 is 0 Å². The number of amides is 2. The lowest BCUT2D eigenvalue weighted by Gasteiger charge is -2.30. The topological polar surface area (TPSA) is 74.3 Å². The summed E-state index contributed by atoms with van der Waals surface area (Å²) in [4.78, 5) is 31.3. The molecule has 0 aromatic carbocycles. The van der Waals surface area contributed by atoms with Crippen molar-refractivity contribution in [2.45, 2.75) is 51.0 Å². The number of carbonyl (C=O) groups excluding carboxylic acids is 2. The molecule has 2 heterocycles. The number of halogens is 2. The standard InChI is InChI=1S/C19H26Cl2N4O2/c20-14-11-15(21)17(24-12-14)22-8-9-23-18(26)16-7-4-10-25(16)19(27)13-5-2-1-3-6-13/h11-13,16H,1-10H2,(H,22,24)(H,23,26). The van der Waals surface area contributed by atoms with Crippen LogP contribution in [0.5, 0.6) is 0 Å². The molecule has 1 unspecified atom stereocenters. The van der Waals surface area contributed by atoms with Crippen LogP contribution in [0.25, 0.3) is 0 Å². The largest absolute Gasteiger partial charge is 0.367 e. The summed E-state index contributed by atoms with van der Waals surface area (Å²) in [5.74, 6) is 0.730. The van der Waals surface area contributed by atoms with Gasteiger partial charge < -0.3 is 15.5 Å². The Bertz CT molecular complexity index is 680. The summed E-state index contributed by atoms with van der Waals surface area (Å²) in [6, 6.07) is 1.28. The summed E-state index contributed by atoms with van der Waals surface area (Å²) in [5, 5.41) is 6.91. The summed E-state index contributed by atoms with van der Waals surface area (Å²) in [6.07, 6.45) is 8.52. The van der Waals surface area contributed by atoms with Gasteiger partial charge in [-0.3, -0.25) is 9.59 Å². The molecular weight excluding hydrogens is 387 g/mol. The molecule has 0 bridgehead atoms. The predicted molar refractivity (Wildman–Crippen MR) is 107 cm³/mol. The molecule has 2 fully saturated rings. The van der Waals surface area contributed by atoms with Crippen molar-refractivity contribution in [3.8, 4) is 0 Å². The Morgan fingerprint density at radius 3 is 2.63 bits per heavy atom. The zero-order chi connectivity index (χ0) is 19.2. The predicted octanol–water partition coefficient (Wildman–Crippen LogP) is 3.49. The molecule has 6 nitrogen and oxygen atoms in total. The molecular formula is C19H26Cl2N4O2. The minimum Gasteiger partial charge on any atom is -0.367 e. The molecule has 0 spiro atoms. The van der Waals surface area contributed by atoms with Gasteiger partial charge in [0.05, 0.1) is 10.0 Å². The third-order valence-corrected chi connectivity index (χ3v) is 5.81. The first-order valence-corrected chi connectivity index (χ1v) is 10.4. The maximum absolute atomic E-state index is 12.8. The Kier molecular flexibility index (Phi) is 7.19. The van der Waals surface area contributed by atoms with Crippen LogP contribution < -0.4 is 10.6 Å². The highest BCUT2D eigenvalue weighted by Gasteiger charge is 2.37. The van der Waals surface area contributed by atoms with Crippen LogP contribution in [0.1, 0.15) is 44.9 Å². The number of pyridine rings is 1. The average molecular weight is 413 g/mol. The van der Waals surface area contributed by atoms with E-state index >= 15 is 0 Å². The number of hydrogen-bond donors (Lipinski definition) is 2. The van der Waals surface area contributed by atoms with Gasteiger partial charge in [-0.1, -0.05) is 42.5 Å². The molecule has 1 atom stereocenters. The number of nitrogens with one attached hydrogen (secondary N) is 2. The number of hydrogen-bond acceptors (Lipinski definition) is 4. The minimum atomic E-state index is -0.336. The summed E-state index contributed by atoms with van der Waals surface area (Å²) < 4.78 is 0. The van der Waals surface area contributed by atoms with E-state index in [0.717, 1.165) is 38.5 Å². The summed E-state index contributed by atoms with van der Waals surface area (Å²) in [6.45, 7) is 1.61. The smallest absolute Gasteiger partial charge is 0.242 e. The molecule has 1 saturated heterocycles. The van der Waals surface area contributed by atoms with Crippen molar-refractivity contribution in [1.29, 1.82) is 0 Å². The van der Waals surface area contributed by atoms with E-state index in [1.165, 1.54) is 12.6 Å². The highest BCUT2D eigenvalue weighted by Crippen LogP contribution is 2.29. The molecule has 2 aliphatic rings. The molecule has 1 aromatic heterocycles. The van der Waals surface area contributed by atoms with Crippen molar-refractivity contribution >= 4 is 40.8 Å². The first-order valence-electron chi connectivity index (χ1n) is 9.69. The summed E-state index contributed by atoms with van der Waals surface area (Å²) in [5.41, 5.74) is 0. The number of rotatable bonds is 6. The van der Waals surface area contributed by atoms with Gasteiger partial charge in [0.2, 0.25) is 11.8 Å². The van der Waals surface area contributed by atoms with E-state index in [1.54, 1.807) is 11.0 Å². The second kappa shape index (κ2) is 9.60. The Morgan fingerprint density at radius 2 is 1.89 bits per heavy atom. The highest BCUT2D eigenvalue weighted by molar-refractivity contribution is 6.35. The first kappa shape index (κ1) is 20.2. The number of likely N-dealkylation sites (tertiary alicyclic amines) is 1. The number of aromatic nitrogens is 1. The van der Waals surface area contributed by atoms with Crippen molar-refractivity contribution < 1.29 is 9.59 Å². The quantitative estimate of drug-likeness (QED) is 0.701. The van der Waals surface area contributed by atoms with Gasteiger partial charge in [0.25, 0.3) is 0 Å². The van der Waals surface area contributed by atoms with Crippen molar-refractivity contribution in [1.82, 2.24) is 15.2 Å². The highest BCUT2D eigenvalue weighted by atomic mass is 35.5. The maximum atomic E-state index is 12.8. The lowest BCUT2D eigenvalue weighted by Crippen LogP contribution is -2.48. The van der Waals surface area contributed by atoms with E-state index in [9.17, 15) is 9.59 Å². The second-order valence-electron chi connectivity index (χ2n) is 7.23. The van der Waals surface area contributed by atoms with Crippen LogP contribution >= 0.6 is 23.2 Å². The molecule has 8 heteroatoms. The van der Waals surface area contributed by atoms with Crippen molar-refractivity contribution in [2.24, 2.45) is 5.92 Å². The molecule has 148 valence electrons. The SMILES string of the molecule is O=C(NCCNc1ncc(Cl)cc1Cl)C1CCCN1C(=O)C1CCCCC1. The number of anilines is 1. The van der Waals surface area contributed by atoms with E-state index in [1.807, 2.05) is 0 Å². The summed E-state index contributed by atoms with van der Waals surface area (Å²) in [7, 11) is 0. The van der Waals surface area contributed by atoms with Crippen LogP contribution in [0, 0.1) is 5.92 Å². The van der Waals surface area contributed by atoms with Gasteiger partial charge in [0.1, 0.15) is 11.9 Å². The van der Waals surface area contributed by atoms with E-state index in [-0.39, 0.29) is 23.8 Å². The number of nitrogens with zero attached hydrogens (tertiary/aromatic N) is 2. The molecule has 1 saturated carbocycles. The van der Waals surface area contributed by atoms with Crippen molar-refractivity contribution in [3.05, 3.63) is 22.3 Å². The fourth-order valence-corrected chi connectivity index (χ4v) is 4.36. The zero-order valence-corrected chi connectivity index (χ0v) is 16.9. The van der Waals surface area contributed by atoms with Crippen LogP contribution in [0.15, 0.2) is 12.3 Å². The first-order chi connectivity index (χ1) is 13.1. The Morgan fingerprint density at radius 1 is 1.11 bits per heavy atom. The van der Waals surface area contributed by atoms with Gasteiger partial charge in [-0.25, -0.2) is 4.98 Å². The Hall–Kier alpha value is -1.53. The fourth-order valence-electron chi connectivity index (χ4n) is 3.92. The van der Waals surface area contributed by atoms with Crippen LogP contribution in [0.3, 0.4) is 0 Å².